The Kier molecular flexibility index (Phi) is 4.55. The summed E-state index contributed by atoms with van der Waals surface area (Å²) in [6.07, 6.45) is 4.42. The first-order valence-electron chi connectivity index (χ1n) is 6.25. The van der Waals surface area contributed by atoms with Gasteiger partial charge in [0.2, 0.25) is 0 Å². The van der Waals surface area contributed by atoms with Crippen molar-refractivity contribution in [2.45, 2.75) is 43.9 Å². The Balaban J connectivity index is 1.62. The summed E-state index contributed by atoms with van der Waals surface area (Å²) in [4.78, 5) is 0. The molecule has 0 aromatic carbocycles. The van der Waals surface area contributed by atoms with Crippen LogP contribution in [0.1, 0.15) is 32.1 Å². The highest BCUT2D eigenvalue weighted by molar-refractivity contribution is 4.82. The van der Waals surface area contributed by atoms with Crippen molar-refractivity contribution in [1.29, 1.82) is 0 Å². The predicted molar refractivity (Wildman–Crippen MR) is 58.3 cm³/mol. The van der Waals surface area contributed by atoms with E-state index >= 15 is 0 Å². The minimum atomic E-state index is -1.09. The molecule has 1 atom stereocenters. The number of alkyl halides is 1. The highest BCUT2D eigenvalue weighted by atomic mass is 19.1. The summed E-state index contributed by atoms with van der Waals surface area (Å²) in [6.45, 7) is 2.51. The van der Waals surface area contributed by atoms with Crippen LogP contribution in [0, 0.1) is 0 Å². The molecule has 1 heterocycles. The summed E-state index contributed by atoms with van der Waals surface area (Å²) in [5.41, 5.74) is -1.09. The molecule has 1 saturated carbocycles. The van der Waals surface area contributed by atoms with E-state index in [0.717, 1.165) is 19.3 Å². The van der Waals surface area contributed by atoms with Crippen LogP contribution in [0.15, 0.2) is 0 Å². The third-order valence-electron chi connectivity index (χ3n) is 3.30. The maximum atomic E-state index is 14.1. The standard InChI is InChI=1S/C12H21FO3/c13-12(4-2-1-3-5-12)10-15-9-11-8-14-6-7-16-11/h11H,1-10H2/t11-/m0/s1. The maximum absolute atomic E-state index is 14.1. The molecule has 1 aliphatic heterocycles. The molecule has 1 aliphatic carbocycles. The van der Waals surface area contributed by atoms with Crippen LogP contribution in [0.4, 0.5) is 4.39 Å². The molecule has 0 radical (unpaired) electrons. The lowest BCUT2D eigenvalue weighted by molar-refractivity contribution is -0.125. The van der Waals surface area contributed by atoms with Gasteiger partial charge in [-0.2, -0.15) is 0 Å². The summed E-state index contributed by atoms with van der Waals surface area (Å²) >= 11 is 0. The lowest BCUT2D eigenvalue weighted by Gasteiger charge is -2.30. The summed E-state index contributed by atoms with van der Waals surface area (Å²) in [5.74, 6) is 0. The van der Waals surface area contributed by atoms with Crippen molar-refractivity contribution in [3.05, 3.63) is 0 Å². The molecule has 0 aromatic rings. The molecule has 2 rings (SSSR count). The van der Waals surface area contributed by atoms with E-state index in [1.165, 1.54) is 0 Å². The topological polar surface area (TPSA) is 27.7 Å². The van der Waals surface area contributed by atoms with Gasteiger partial charge in [0.05, 0.1) is 33.0 Å². The fraction of sp³-hybridized carbons (Fsp3) is 1.00. The van der Waals surface area contributed by atoms with Gasteiger partial charge in [-0.15, -0.1) is 0 Å². The van der Waals surface area contributed by atoms with E-state index in [1.807, 2.05) is 0 Å². The van der Waals surface area contributed by atoms with Crippen molar-refractivity contribution in [1.82, 2.24) is 0 Å². The number of ether oxygens (including phenoxy) is 3. The molecule has 0 bridgehead atoms. The fourth-order valence-electron chi connectivity index (χ4n) is 2.34. The van der Waals surface area contributed by atoms with Crippen molar-refractivity contribution < 1.29 is 18.6 Å². The molecule has 0 aromatic heterocycles. The van der Waals surface area contributed by atoms with E-state index in [2.05, 4.69) is 0 Å². The number of hydrogen-bond acceptors (Lipinski definition) is 3. The number of halogens is 1. The first-order chi connectivity index (χ1) is 7.79. The molecule has 2 aliphatic rings. The minimum Gasteiger partial charge on any atom is -0.376 e. The minimum absolute atomic E-state index is 0.0130. The largest absolute Gasteiger partial charge is 0.376 e. The Hall–Kier alpha value is -0.190. The van der Waals surface area contributed by atoms with Crippen molar-refractivity contribution in [2.24, 2.45) is 0 Å². The van der Waals surface area contributed by atoms with Crippen molar-refractivity contribution in [2.75, 3.05) is 33.0 Å². The van der Waals surface area contributed by atoms with Crippen LogP contribution in [-0.2, 0) is 14.2 Å². The van der Waals surface area contributed by atoms with Gasteiger partial charge in [0, 0.05) is 0 Å². The highest BCUT2D eigenvalue weighted by Gasteiger charge is 2.32. The van der Waals surface area contributed by atoms with Crippen molar-refractivity contribution in [3.63, 3.8) is 0 Å². The van der Waals surface area contributed by atoms with Gasteiger partial charge in [0.15, 0.2) is 0 Å². The molecule has 2 fully saturated rings. The van der Waals surface area contributed by atoms with Gasteiger partial charge in [0.1, 0.15) is 11.8 Å². The zero-order valence-corrected chi connectivity index (χ0v) is 9.75. The van der Waals surface area contributed by atoms with Gasteiger partial charge in [-0.25, -0.2) is 4.39 Å². The van der Waals surface area contributed by atoms with Crippen molar-refractivity contribution in [3.8, 4) is 0 Å². The molecule has 0 N–H and O–H groups in total. The van der Waals surface area contributed by atoms with Gasteiger partial charge >= 0.3 is 0 Å². The van der Waals surface area contributed by atoms with E-state index in [1.54, 1.807) is 0 Å². The van der Waals surface area contributed by atoms with Gasteiger partial charge in [-0.1, -0.05) is 19.3 Å². The van der Waals surface area contributed by atoms with Gasteiger partial charge in [-0.3, -0.25) is 0 Å². The number of rotatable bonds is 4. The van der Waals surface area contributed by atoms with E-state index in [-0.39, 0.29) is 12.7 Å². The Morgan fingerprint density at radius 2 is 2.00 bits per heavy atom. The molecule has 94 valence electrons. The molecule has 0 unspecified atom stereocenters. The summed E-state index contributed by atoms with van der Waals surface area (Å²) in [6, 6.07) is 0. The average molecular weight is 232 g/mol. The first-order valence-corrected chi connectivity index (χ1v) is 6.25. The summed E-state index contributed by atoms with van der Waals surface area (Å²) < 4.78 is 30.2. The quantitative estimate of drug-likeness (QED) is 0.743. The molecular formula is C12H21FO3. The molecule has 1 saturated heterocycles. The monoisotopic (exact) mass is 232 g/mol. The normalized spacial score (nSPS) is 30.2. The van der Waals surface area contributed by atoms with Crippen LogP contribution in [0.3, 0.4) is 0 Å². The first kappa shape index (κ1) is 12.3. The average Bonchev–Trinajstić information content (AvgIpc) is 2.31. The van der Waals surface area contributed by atoms with E-state index in [4.69, 9.17) is 14.2 Å². The van der Waals surface area contributed by atoms with Gasteiger partial charge in [-0.05, 0) is 12.8 Å². The second kappa shape index (κ2) is 5.94. The van der Waals surface area contributed by atoms with Crippen LogP contribution < -0.4 is 0 Å². The highest BCUT2D eigenvalue weighted by Crippen LogP contribution is 2.31. The van der Waals surface area contributed by atoms with E-state index in [0.29, 0.717) is 39.3 Å². The molecule has 0 spiro atoms. The Labute approximate surface area is 96.2 Å². The zero-order valence-electron chi connectivity index (χ0n) is 9.75. The molecule has 3 nitrogen and oxygen atoms in total. The summed E-state index contributed by atoms with van der Waals surface area (Å²) in [7, 11) is 0. The Bertz CT molecular complexity index is 198. The van der Waals surface area contributed by atoms with Crippen LogP contribution in [0.2, 0.25) is 0 Å². The molecule has 4 heteroatoms. The third-order valence-corrected chi connectivity index (χ3v) is 3.30. The molecule has 16 heavy (non-hydrogen) atoms. The van der Waals surface area contributed by atoms with Crippen molar-refractivity contribution >= 4 is 0 Å². The fourth-order valence-corrected chi connectivity index (χ4v) is 2.34. The Morgan fingerprint density at radius 1 is 1.19 bits per heavy atom. The molecular weight excluding hydrogens is 211 g/mol. The van der Waals surface area contributed by atoms with E-state index < -0.39 is 5.67 Å². The SMILES string of the molecule is FC1(COC[C@@H]2COCCO2)CCCCC1. The second-order valence-electron chi connectivity index (χ2n) is 4.79. The Morgan fingerprint density at radius 3 is 2.69 bits per heavy atom. The van der Waals surface area contributed by atoms with Gasteiger partial charge < -0.3 is 14.2 Å². The smallest absolute Gasteiger partial charge is 0.134 e. The van der Waals surface area contributed by atoms with Crippen LogP contribution in [0.5, 0.6) is 0 Å². The van der Waals surface area contributed by atoms with Crippen LogP contribution >= 0.6 is 0 Å². The second-order valence-corrected chi connectivity index (χ2v) is 4.79. The van der Waals surface area contributed by atoms with Gasteiger partial charge in [0.25, 0.3) is 0 Å². The third kappa shape index (κ3) is 3.68. The maximum Gasteiger partial charge on any atom is 0.134 e. The van der Waals surface area contributed by atoms with E-state index in [9.17, 15) is 4.39 Å². The van der Waals surface area contributed by atoms with Crippen LogP contribution in [0.25, 0.3) is 0 Å². The number of hydrogen-bond donors (Lipinski definition) is 0. The lowest BCUT2D eigenvalue weighted by atomic mass is 9.87. The molecule has 0 amide bonds. The predicted octanol–water partition coefficient (Wildman–Crippen LogP) is 2.09. The zero-order chi connectivity index (χ0) is 11.3. The van der Waals surface area contributed by atoms with Crippen LogP contribution in [-0.4, -0.2) is 44.8 Å². The summed E-state index contributed by atoms with van der Waals surface area (Å²) in [5, 5.41) is 0. The lowest BCUT2D eigenvalue weighted by Crippen LogP contribution is -2.36.